The number of fused-ring (bicyclic) bond motifs is 1. The van der Waals surface area contributed by atoms with E-state index in [0.29, 0.717) is 17.1 Å². The van der Waals surface area contributed by atoms with Crippen molar-refractivity contribution >= 4 is 18.0 Å². The van der Waals surface area contributed by atoms with Gasteiger partial charge in [-0.25, -0.2) is 10.6 Å². The molecule has 3 rings (SSSR count). The number of hydrazine groups is 1. The highest BCUT2D eigenvalue weighted by molar-refractivity contribution is 5.99. The van der Waals surface area contributed by atoms with E-state index in [2.05, 4.69) is 0 Å². The van der Waals surface area contributed by atoms with Crippen molar-refractivity contribution in [3.63, 3.8) is 0 Å². The normalized spacial score (nSPS) is 13.9. The molecule has 9 nitrogen and oxygen atoms in total. The summed E-state index contributed by atoms with van der Waals surface area (Å²) >= 11 is 0. The zero-order valence-electron chi connectivity index (χ0n) is 16.0. The van der Waals surface area contributed by atoms with Gasteiger partial charge in [0, 0.05) is 32.1 Å². The number of esters is 1. The van der Waals surface area contributed by atoms with Gasteiger partial charge in [0.2, 0.25) is 5.79 Å². The summed E-state index contributed by atoms with van der Waals surface area (Å²) in [5.41, 5.74) is 2.62. The lowest BCUT2D eigenvalue weighted by atomic mass is 10.1. The molecule has 0 fully saturated rings. The number of nitrogens with two attached hydrogens (primary N) is 1. The van der Waals surface area contributed by atoms with Crippen LogP contribution in [0.25, 0.3) is 6.08 Å². The van der Waals surface area contributed by atoms with Gasteiger partial charge in [0.25, 0.3) is 5.91 Å². The molecular formula is C20H20N2O7. The second-order valence-electron chi connectivity index (χ2n) is 6.56. The molecule has 0 radical (unpaired) electrons. The number of nitrogens with one attached hydrogen (secondary N) is 1. The van der Waals surface area contributed by atoms with Gasteiger partial charge in [0.15, 0.2) is 23.0 Å². The predicted molar refractivity (Wildman–Crippen MR) is 103 cm³/mol. The summed E-state index contributed by atoms with van der Waals surface area (Å²) < 4.78 is 21.5. The van der Waals surface area contributed by atoms with E-state index in [-0.39, 0.29) is 22.8 Å². The average Bonchev–Trinajstić information content (AvgIpc) is 2.98. The molecule has 9 heteroatoms. The highest BCUT2D eigenvalue weighted by atomic mass is 16.7. The van der Waals surface area contributed by atoms with Gasteiger partial charge in [-0.3, -0.25) is 10.2 Å². The van der Waals surface area contributed by atoms with Crippen molar-refractivity contribution in [1.29, 1.82) is 0 Å². The molecule has 0 saturated heterocycles. The van der Waals surface area contributed by atoms with E-state index in [9.17, 15) is 14.7 Å². The van der Waals surface area contributed by atoms with Gasteiger partial charge in [-0.05, 0) is 23.8 Å². The molecule has 0 unspecified atom stereocenters. The van der Waals surface area contributed by atoms with Crippen LogP contribution in [0.4, 0.5) is 0 Å². The minimum Gasteiger partial charge on any atom is -0.504 e. The van der Waals surface area contributed by atoms with Gasteiger partial charge in [0.1, 0.15) is 5.75 Å². The fourth-order valence-electron chi connectivity index (χ4n) is 2.70. The first-order valence-electron chi connectivity index (χ1n) is 8.56. The summed E-state index contributed by atoms with van der Waals surface area (Å²) in [5.74, 6) is 3.78. The molecule has 2 aromatic rings. The van der Waals surface area contributed by atoms with Gasteiger partial charge in [-0.1, -0.05) is 6.07 Å². The molecule has 1 heterocycles. The summed E-state index contributed by atoms with van der Waals surface area (Å²) in [7, 11) is 1.42. The average molecular weight is 400 g/mol. The molecule has 2 aromatic carbocycles. The van der Waals surface area contributed by atoms with Crippen LogP contribution < -0.4 is 30.2 Å². The maximum atomic E-state index is 12.3. The minimum atomic E-state index is -0.917. The van der Waals surface area contributed by atoms with Gasteiger partial charge in [-0.2, -0.15) is 0 Å². The number of methoxy groups -OCH3 is 1. The van der Waals surface area contributed by atoms with E-state index in [0.717, 1.165) is 0 Å². The Bertz CT molecular complexity index is 999. The van der Waals surface area contributed by atoms with Crippen molar-refractivity contribution in [3.05, 3.63) is 47.5 Å². The van der Waals surface area contributed by atoms with Crippen molar-refractivity contribution in [2.45, 2.75) is 19.6 Å². The van der Waals surface area contributed by atoms with E-state index in [1.54, 1.807) is 26.0 Å². The lowest BCUT2D eigenvalue weighted by molar-refractivity contribution is -0.128. The van der Waals surface area contributed by atoms with Gasteiger partial charge in [-0.15, -0.1) is 0 Å². The third-order valence-corrected chi connectivity index (χ3v) is 3.96. The first-order chi connectivity index (χ1) is 13.7. The van der Waals surface area contributed by atoms with Crippen LogP contribution in [0.3, 0.4) is 0 Å². The monoisotopic (exact) mass is 400 g/mol. The number of nitrogen functional groups attached to an aromatic ring is 1. The van der Waals surface area contributed by atoms with Crippen molar-refractivity contribution in [2.75, 3.05) is 7.11 Å². The molecule has 152 valence electrons. The van der Waals surface area contributed by atoms with Crippen LogP contribution in [0.2, 0.25) is 0 Å². The zero-order chi connectivity index (χ0) is 21.2. The second-order valence-corrected chi connectivity index (χ2v) is 6.56. The molecule has 0 atom stereocenters. The van der Waals surface area contributed by atoms with E-state index in [4.69, 9.17) is 24.8 Å². The van der Waals surface area contributed by atoms with E-state index >= 15 is 0 Å². The minimum absolute atomic E-state index is 0.0144. The molecule has 1 aliphatic rings. The van der Waals surface area contributed by atoms with Crippen LogP contribution in [0, 0.1) is 0 Å². The number of aromatic hydroxyl groups is 1. The summed E-state index contributed by atoms with van der Waals surface area (Å²) in [6, 6.07) is 7.37. The van der Waals surface area contributed by atoms with Crippen molar-refractivity contribution in [2.24, 2.45) is 5.84 Å². The Morgan fingerprint density at radius 2 is 1.83 bits per heavy atom. The molecule has 1 amide bonds. The van der Waals surface area contributed by atoms with Crippen molar-refractivity contribution < 1.29 is 33.6 Å². The van der Waals surface area contributed by atoms with Gasteiger partial charge in [0.05, 0.1) is 12.7 Å². The van der Waals surface area contributed by atoms with E-state index < -0.39 is 17.7 Å². The lowest BCUT2D eigenvalue weighted by Gasteiger charge is -2.16. The van der Waals surface area contributed by atoms with Crippen molar-refractivity contribution in [3.8, 4) is 28.7 Å². The third kappa shape index (κ3) is 4.41. The van der Waals surface area contributed by atoms with Crippen LogP contribution in [-0.2, 0) is 4.79 Å². The number of benzene rings is 2. The molecule has 1 aliphatic heterocycles. The number of phenols is 1. The smallest absolute Gasteiger partial charge is 0.336 e. The molecular weight excluding hydrogens is 380 g/mol. The van der Waals surface area contributed by atoms with Crippen molar-refractivity contribution in [1.82, 2.24) is 5.43 Å². The molecule has 0 saturated carbocycles. The molecule has 29 heavy (non-hydrogen) atoms. The quantitative estimate of drug-likeness (QED) is 0.174. The number of rotatable bonds is 5. The lowest BCUT2D eigenvalue weighted by Crippen LogP contribution is -2.30. The van der Waals surface area contributed by atoms with Crippen LogP contribution in [-0.4, -0.2) is 29.9 Å². The Kier molecular flexibility index (Phi) is 5.33. The number of hydrogen-bond donors (Lipinski definition) is 3. The Balaban J connectivity index is 1.83. The fraction of sp³-hybridized carbons (Fsp3) is 0.200. The number of ether oxygens (including phenoxy) is 4. The topological polar surface area (TPSA) is 129 Å². The molecule has 0 aromatic heterocycles. The number of phenolic OH excluding ortho intramolecular Hbond substituents is 1. The molecule has 0 aliphatic carbocycles. The molecule has 0 spiro atoms. The zero-order valence-corrected chi connectivity index (χ0v) is 16.0. The summed E-state index contributed by atoms with van der Waals surface area (Å²) in [4.78, 5) is 24.4. The van der Waals surface area contributed by atoms with Crippen LogP contribution in [0.15, 0.2) is 36.4 Å². The van der Waals surface area contributed by atoms with E-state index in [1.807, 2.05) is 5.43 Å². The van der Waals surface area contributed by atoms with Crippen LogP contribution in [0.5, 0.6) is 28.7 Å². The Morgan fingerprint density at radius 1 is 1.14 bits per heavy atom. The number of carbonyl (C=O) groups is 2. The Morgan fingerprint density at radius 3 is 2.48 bits per heavy atom. The maximum absolute atomic E-state index is 12.3. The van der Waals surface area contributed by atoms with Gasteiger partial charge < -0.3 is 24.1 Å². The highest BCUT2D eigenvalue weighted by Gasteiger charge is 2.34. The SMILES string of the molecule is COc1cc(/C=C/C(=O)Oc2cc3c(cc2C(=O)NN)OC(C)(C)O3)ccc1O. The summed E-state index contributed by atoms with van der Waals surface area (Å²) in [6.07, 6.45) is 2.65. The third-order valence-electron chi connectivity index (χ3n) is 3.96. The number of hydrogen-bond acceptors (Lipinski definition) is 8. The maximum Gasteiger partial charge on any atom is 0.336 e. The van der Waals surface area contributed by atoms with Crippen LogP contribution in [0.1, 0.15) is 29.8 Å². The fourth-order valence-corrected chi connectivity index (χ4v) is 2.70. The predicted octanol–water partition coefficient (Wildman–Crippen LogP) is 2.13. The molecule has 4 N–H and O–H groups in total. The van der Waals surface area contributed by atoms with Gasteiger partial charge >= 0.3 is 5.97 Å². The number of carbonyl (C=O) groups excluding carboxylic acids is 2. The first kappa shape index (κ1) is 20.0. The number of amides is 1. The van der Waals surface area contributed by atoms with Crippen LogP contribution >= 0.6 is 0 Å². The Labute approximate surface area is 166 Å². The molecule has 0 bridgehead atoms. The first-order valence-corrected chi connectivity index (χ1v) is 8.56. The largest absolute Gasteiger partial charge is 0.504 e. The highest BCUT2D eigenvalue weighted by Crippen LogP contribution is 2.43. The standard InChI is InChI=1S/C20H20N2O7/c1-20(2)28-16-9-12(19(25)22-21)14(10-17(16)29-20)27-18(24)7-5-11-4-6-13(23)15(8-11)26-3/h4-10,23H,21H2,1-3H3,(H,22,25)/b7-5+. The Hall–Kier alpha value is -3.72. The summed E-state index contributed by atoms with van der Waals surface area (Å²) in [6.45, 7) is 3.41. The summed E-state index contributed by atoms with van der Waals surface area (Å²) in [5, 5.41) is 9.62. The second kappa shape index (κ2) is 7.72. The van der Waals surface area contributed by atoms with E-state index in [1.165, 1.54) is 37.5 Å².